The maximum atomic E-state index is 10.4. The third-order valence-electron chi connectivity index (χ3n) is 6.03. The Bertz CT molecular complexity index is 1270. The largest absolute Gasteiger partial charge is 0.384 e. The summed E-state index contributed by atoms with van der Waals surface area (Å²) in [4.78, 5) is 16.3. The SMILES string of the molecule is Cc1nn(-c2cccc(C(C)(C)O)n2)c2nc(Nc3ccc(N4CCCCC4)cc3)ncc12. The molecule has 33 heavy (non-hydrogen) atoms. The van der Waals surface area contributed by atoms with Gasteiger partial charge in [-0.2, -0.15) is 14.8 Å². The summed E-state index contributed by atoms with van der Waals surface area (Å²) in [5.74, 6) is 1.09. The summed E-state index contributed by atoms with van der Waals surface area (Å²) in [5.41, 5.74) is 3.19. The van der Waals surface area contributed by atoms with Crippen molar-refractivity contribution in [3.8, 4) is 5.82 Å². The van der Waals surface area contributed by atoms with Crippen LogP contribution in [-0.2, 0) is 5.60 Å². The lowest BCUT2D eigenvalue weighted by atomic mass is 10.1. The van der Waals surface area contributed by atoms with Gasteiger partial charge in [0.25, 0.3) is 0 Å². The first-order valence-corrected chi connectivity index (χ1v) is 11.4. The van der Waals surface area contributed by atoms with E-state index >= 15 is 0 Å². The van der Waals surface area contributed by atoms with Crippen molar-refractivity contribution in [2.24, 2.45) is 0 Å². The predicted octanol–water partition coefficient (Wildman–Crippen LogP) is 4.48. The number of fused-ring (bicyclic) bond motifs is 1. The molecule has 0 saturated carbocycles. The van der Waals surface area contributed by atoms with Gasteiger partial charge in [-0.15, -0.1) is 0 Å². The number of nitrogens with zero attached hydrogens (tertiary/aromatic N) is 6. The van der Waals surface area contributed by atoms with Gasteiger partial charge in [0.15, 0.2) is 11.5 Å². The number of hydrogen-bond donors (Lipinski definition) is 2. The summed E-state index contributed by atoms with van der Waals surface area (Å²) < 4.78 is 1.70. The molecule has 0 radical (unpaired) electrons. The summed E-state index contributed by atoms with van der Waals surface area (Å²) in [6.07, 6.45) is 5.62. The maximum absolute atomic E-state index is 10.4. The molecule has 4 heterocycles. The van der Waals surface area contributed by atoms with E-state index in [-0.39, 0.29) is 0 Å². The highest BCUT2D eigenvalue weighted by Crippen LogP contribution is 2.25. The van der Waals surface area contributed by atoms with Gasteiger partial charge in [0.2, 0.25) is 5.95 Å². The van der Waals surface area contributed by atoms with Gasteiger partial charge in [-0.1, -0.05) is 6.07 Å². The van der Waals surface area contributed by atoms with E-state index < -0.39 is 5.60 Å². The van der Waals surface area contributed by atoms with Gasteiger partial charge in [-0.05, 0) is 76.4 Å². The molecule has 5 rings (SSSR count). The molecule has 0 bridgehead atoms. The van der Waals surface area contributed by atoms with E-state index in [9.17, 15) is 5.11 Å². The first-order valence-electron chi connectivity index (χ1n) is 11.4. The molecular formula is C25H29N7O. The Morgan fingerprint density at radius 3 is 2.45 bits per heavy atom. The Morgan fingerprint density at radius 1 is 0.970 bits per heavy atom. The van der Waals surface area contributed by atoms with E-state index in [1.807, 2.05) is 19.1 Å². The zero-order valence-corrected chi connectivity index (χ0v) is 19.3. The molecule has 0 aliphatic carbocycles. The number of pyridine rings is 1. The minimum absolute atomic E-state index is 0.494. The summed E-state index contributed by atoms with van der Waals surface area (Å²) in [5, 5.41) is 19.2. The highest BCUT2D eigenvalue weighted by atomic mass is 16.3. The first kappa shape index (κ1) is 21.3. The number of aromatic nitrogens is 5. The van der Waals surface area contributed by atoms with Crippen LogP contribution in [0.2, 0.25) is 0 Å². The standard InChI is InChI=1S/C25H29N7O/c1-17-20-16-26-24(27-18-10-12-19(13-11-18)31-14-5-4-6-15-31)29-23(20)32(30-17)22-9-7-8-21(28-22)25(2,3)33/h7-13,16,33H,4-6,14-15H2,1-3H3,(H,26,27,29). The van der Waals surface area contributed by atoms with Crippen molar-refractivity contribution in [1.29, 1.82) is 0 Å². The smallest absolute Gasteiger partial charge is 0.229 e. The average molecular weight is 444 g/mol. The molecule has 2 N–H and O–H groups in total. The van der Waals surface area contributed by atoms with Crippen LogP contribution in [0.1, 0.15) is 44.5 Å². The number of hydrogen-bond acceptors (Lipinski definition) is 7. The highest BCUT2D eigenvalue weighted by molar-refractivity contribution is 5.80. The van der Waals surface area contributed by atoms with Crippen LogP contribution < -0.4 is 10.2 Å². The number of benzene rings is 1. The van der Waals surface area contributed by atoms with Crippen LogP contribution in [0.25, 0.3) is 16.9 Å². The Balaban J connectivity index is 1.44. The Kier molecular flexibility index (Phi) is 5.46. The first-order chi connectivity index (χ1) is 15.9. The van der Waals surface area contributed by atoms with Gasteiger partial charge in [0.05, 0.1) is 16.8 Å². The average Bonchev–Trinajstić information content (AvgIpc) is 3.15. The summed E-state index contributed by atoms with van der Waals surface area (Å²) in [6.45, 7) is 7.60. The molecule has 0 amide bonds. The Hall–Kier alpha value is -3.52. The van der Waals surface area contributed by atoms with Crippen LogP contribution in [-0.4, -0.2) is 42.9 Å². The molecule has 3 aromatic heterocycles. The molecule has 8 heteroatoms. The molecular weight excluding hydrogens is 414 g/mol. The van der Waals surface area contributed by atoms with E-state index in [1.165, 1.54) is 24.9 Å². The fourth-order valence-electron chi connectivity index (χ4n) is 4.18. The van der Waals surface area contributed by atoms with E-state index in [4.69, 9.17) is 4.98 Å². The Labute approximate surface area is 193 Å². The molecule has 0 spiro atoms. The summed E-state index contributed by atoms with van der Waals surface area (Å²) in [7, 11) is 0. The summed E-state index contributed by atoms with van der Waals surface area (Å²) >= 11 is 0. The monoisotopic (exact) mass is 443 g/mol. The lowest BCUT2D eigenvalue weighted by Crippen LogP contribution is -2.29. The normalized spacial score (nSPS) is 14.6. The number of nitrogens with one attached hydrogen (secondary N) is 1. The molecule has 1 aliphatic rings. The lowest BCUT2D eigenvalue weighted by molar-refractivity contribution is 0.0738. The minimum Gasteiger partial charge on any atom is -0.384 e. The van der Waals surface area contributed by atoms with Gasteiger partial charge in [0, 0.05) is 30.7 Å². The second-order valence-corrected chi connectivity index (χ2v) is 9.09. The molecule has 1 saturated heterocycles. The third-order valence-corrected chi connectivity index (χ3v) is 6.03. The van der Waals surface area contributed by atoms with E-state index in [0.29, 0.717) is 23.1 Å². The molecule has 0 atom stereocenters. The van der Waals surface area contributed by atoms with Crippen molar-refractivity contribution >= 4 is 28.4 Å². The highest BCUT2D eigenvalue weighted by Gasteiger charge is 2.20. The number of aliphatic hydroxyl groups is 1. The van der Waals surface area contributed by atoms with Crippen LogP contribution in [0.3, 0.4) is 0 Å². The number of rotatable bonds is 5. The molecule has 1 aliphatic heterocycles. The van der Waals surface area contributed by atoms with Gasteiger partial charge < -0.3 is 15.3 Å². The van der Waals surface area contributed by atoms with Gasteiger partial charge in [0.1, 0.15) is 5.60 Å². The number of aryl methyl sites for hydroxylation is 1. The van der Waals surface area contributed by atoms with Crippen molar-refractivity contribution in [1.82, 2.24) is 24.7 Å². The topological polar surface area (TPSA) is 92.0 Å². The van der Waals surface area contributed by atoms with Crippen molar-refractivity contribution < 1.29 is 5.11 Å². The molecule has 0 unspecified atom stereocenters. The van der Waals surface area contributed by atoms with Crippen molar-refractivity contribution in [3.63, 3.8) is 0 Å². The summed E-state index contributed by atoms with van der Waals surface area (Å²) in [6, 6.07) is 13.9. The molecule has 1 fully saturated rings. The zero-order valence-electron chi connectivity index (χ0n) is 19.3. The number of anilines is 3. The van der Waals surface area contributed by atoms with E-state index in [1.54, 1.807) is 30.8 Å². The van der Waals surface area contributed by atoms with E-state index in [0.717, 1.165) is 29.9 Å². The van der Waals surface area contributed by atoms with Crippen LogP contribution in [0.5, 0.6) is 0 Å². The van der Waals surface area contributed by atoms with E-state index in [2.05, 4.69) is 49.5 Å². The second-order valence-electron chi connectivity index (χ2n) is 9.09. The molecule has 1 aromatic carbocycles. The molecule has 8 nitrogen and oxygen atoms in total. The van der Waals surface area contributed by atoms with Crippen molar-refractivity contribution in [3.05, 3.63) is 60.0 Å². The maximum Gasteiger partial charge on any atom is 0.229 e. The van der Waals surface area contributed by atoms with Crippen molar-refractivity contribution in [2.75, 3.05) is 23.3 Å². The molecule has 170 valence electrons. The zero-order chi connectivity index (χ0) is 23.0. The quantitative estimate of drug-likeness (QED) is 0.470. The van der Waals surface area contributed by atoms with Crippen LogP contribution in [0.4, 0.5) is 17.3 Å². The Morgan fingerprint density at radius 2 is 1.73 bits per heavy atom. The van der Waals surface area contributed by atoms with Crippen LogP contribution >= 0.6 is 0 Å². The van der Waals surface area contributed by atoms with Crippen molar-refractivity contribution in [2.45, 2.75) is 45.6 Å². The lowest BCUT2D eigenvalue weighted by Gasteiger charge is -2.28. The fraction of sp³-hybridized carbons (Fsp3) is 0.360. The predicted molar refractivity (Wildman–Crippen MR) is 130 cm³/mol. The fourth-order valence-corrected chi connectivity index (χ4v) is 4.18. The third kappa shape index (κ3) is 4.39. The van der Waals surface area contributed by atoms with Gasteiger partial charge >= 0.3 is 0 Å². The van der Waals surface area contributed by atoms with Crippen LogP contribution in [0.15, 0.2) is 48.7 Å². The van der Waals surface area contributed by atoms with Crippen LogP contribution in [0, 0.1) is 6.92 Å². The van der Waals surface area contributed by atoms with Gasteiger partial charge in [-0.25, -0.2) is 9.97 Å². The molecule has 4 aromatic rings. The minimum atomic E-state index is -1.05. The number of piperidine rings is 1. The second kappa shape index (κ2) is 8.44. The van der Waals surface area contributed by atoms with Gasteiger partial charge in [-0.3, -0.25) is 0 Å².